The molecule has 4 aromatic rings. The van der Waals surface area contributed by atoms with Crippen molar-refractivity contribution in [3.63, 3.8) is 0 Å². The molecule has 13 rings (SSSR count). The molecular weight excluding hydrogens is 943 g/mol. The highest BCUT2D eigenvalue weighted by Crippen LogP contribution is 2.55. The molecule has 9 heterocycles. The predicted molar refractivity (Wildman–Crippen MR) is 287 cm³/mol. The Balaban J connectivity index is 0.671. The summed E-state index contributed by atoms with van der Waals surface area (Å²) < 4.78 is 2.21. The van der Waals surface area contributed by atoms with E-state index in [2.05, 4.69) is 82.8 Å². The third-order valence-corrected chi connectivity index (χ3v) is 19.8. The van der Waals surface area contributed by atoms with Gasteiger partial charge in [-0.05, 0) is 158 Å². The van der Waals surface area contributed by atoms with Crippen LogP contribution in [-0.2, 0) is 29.4 Å². The number of nitrogens with zero attached hydrogens (tertiary/aromatic N) is 9. The molecule has 3 aromatic heterocycles. The third kappa shape index (κ3) is 8.59. The quantitative estimate of drug-likeness (QED) is 0.141. The van der Waals surface area contributed by atoms with Crippen molar-refractivity contribution < 1.29 is 24.0 Å². The molecule has 16 nitrogen and oxygen atoms in total. The third-order valence-electron chi connectivity index (χ3n) is 19.8. The zero-order valence-corrected chi connectivity index (χ0v) is 44.1. The van der Waals surface area contributed by atoms with Crippen LogP contribution in [0.25, 0.3) is 22.3 Å². The zero-order chi connectivity index (χ0) is 51.2. The Bertz CT molecular complexity index is 2870. The van der Waals surface area contributed by atoms with Gasteiger partial charge in [0.2, 0.25) is 29.5 Å². The van der Waals surface area contributed by atoms with Crippen LogP contribution in [0.2, 0.25) is 0 Å². The van der Waals surface area contributed by atoms with Crippen LogP contribution in [0.5, 0.6) is 0 Å². The summed E-state index contributed by atoms with van der Waals surface area (Å²) in [4.78, 5) is 94.6. The maximum atomic E-state index is 15.4. The molecule has 6 aliphatic heterocycles. The molecule has 16 heteroatoms. The first-order chi connectivity index (χ1) is 36.5. The van der Waals surface area contributed by atoms with Crippen molar-refractivity contribution in [3.05, 3.63) is 60.0 Å². The summed E-state index contributed by atoms with van der Waals surface area (Å²) in [5.41, 5.74) is 5.74. The van der Waals surface area contributed by atoms with Crippen molar-refractivity contribution in [1.29, 1.82) is 0 Å². The van der Waals surface area contributed by atoms with Crippen molar-refractivity contribution in [2.24, 2.45) is 17.3 Å². The molecule has 75 heavy (non-hydrogen) atoms. The molecule has 1 spiro atoms. The first-order valence-corrected chi connectivity index (χ1v) is 29.0. The molecule has 2 N–H and O–H groups in total. The van der Waals surface area contributed by atoms with Crippen LogP contribution in [0.1, 0.15) is 153 Å². The lowest BCUT2D eigenvalue weighted by atomic mass is 9.57. The number of piperidine rings is 5. The van der Waals surface area contributed by atoms with Gasteiger partial charge >= 0.3 is 0 Å². The predicted octanol–water partition coefficient (Wildman–Crippen LogP) is 7.72. The number of amides is 5. The van der Waals surface area contributed by atoms with Crippen LogP contribution in [0, 0.1) is 17.3 Å². The van der Waals surface area contributed by atoms with Gasteiger partial charge in [0.05, 0.1) is 34.3 Å². The second kappa shape index (κ2) is 19.3. The number of nitrogens with one attached hydrogen (secondary N) is 2. The number of fused-ring (bicyclic) bond motifs is 3. The largest absolute Gasteiger partial charge is 0.366 e. The molecule has 396 valence electrons. The number of carbonyl (C=O) groups excluding carboxylic acids is 5. The Kier molecular flexibility index (Phi) is 12.5. The highest BCUT2D eigenvalue weighted by molar-refractivity contribution is 6.09. The summed E-state index contributed by atoms with van der Waals surface area (Å²) >= 11 is 0. The minimum atomic E-state index is -0.666. The van der Waals surface area contributed by atoms with E-state index in [1.165, 1.54) is 19.3 Å². The number of likely N-dealkylation sites (tertiary alicyclic amines) is 3. The van der Waals surface area contributed by atoms with Crippen LogP contribution in [0.4, 0.5) is 17.3 Å². The fraction of sp³-hybridized carbons (Fsp3) is 0.627. The monoisotopic (exact) mass is 1020 g/mol. The van der Waals surface area contributed by atoms with E-state index < -0.39 is 5.41 Å². The molecule has 5 saturated heterocycles. The Labute approximate surface area is 440 Å². The Morgan fingerprint density at radius 2 is 1.52 bits per heavy atom. The lowest BCUT2D eigenvalue weighted by Crippen LogP contribution is -2.60. The average molecular weight is 1020 g/mol. The molecule has 3 aliphatic carbocycles. The zero-order valence-electron chi connectivity index (χ0n) is 44.1. The topological polar surface area (TPSA) is 169 Å². The maximum Gasteiger partial charge on any atom is 0.238 e. The molecule has 5 amide bonds. The number of pyridine rings is 2. The molecule has 8 fully saturated rings. The van der Waals surface area contributed by atoms with Gasteiger partial charge in [-0.3, -0.25) is 29.3 Å². The van der Waals surface area contributed by atoms with E-state index in [4.69, 9.17) is 9.97 Å². The number of aromatic nitrogens is 4. The van der Waals surface area contributed by atoms with Gasteiger partial charge in [-0.25, -0.2) is 15.0 Å². The SMILES string of the molecule is CC(C)n1cnc2cc(-c3ccc4c(c3)N(C3CC(N5CCCCC5)C3)C(=O)C43CCN(C(=O)C4(C5CCN(C(=O)C6CCN(c7ccc(C8CCC(=O)NC8=O)cn7)CC6)CC5)CCC4)CC3)nc(NC3CC3)c21. The average Bonchev–Trinajstić information content (AvgIpc) is 4.10. The van der Waals surface area contributed by atoms with E-state index in [1.807, 2.05) is 18.5 Å². The fourth-order valence-corrected chi connectivity index (χ4v) is 14.9. The lowest BCUT2D eigenvalue weighted by molar-refractivity contribution is -0.158. The molecule has 0 radical (unpaired) electrons. The van der Waals surface area contributed by atoms with Crippen molar-refractivity contribution in [2.45, 2.75) is 165 Å². The Hall–Kier alpha value is -5.90. The molecule has 9 aliphatic rings. The smallest absolute Gasteiger partial charge is 0.238 e. The van der Waals surface area contributed by atoms with Crippen molar-refractivity contribution in [3.8, 4) is 11.3 Å². The van der Waals surface area contributed by atoms with Crippen LogP contribution in [0.3, 0.4) is 0 Å². The van der Waals surface area contributed by atoms with E-state index in [1.54, 1.807) is 6.20 Å². The summed E-state index contributed by atoms with van der Waals surface area (Å²) in [6, 6.07) is 14.0. The second-order valence-electron chi connectivity index (χ2n) is 24.4. The molecule has 1 aromatic carbocycles. The summed E-state index contributed by atoms with van der Waals surface area (Å²) in [6.45, 7) is 10.7. The minimum absolute atomic E-state index is 0.0321. The van der Waals surface area contributed by atoms with E-state index >= 15 is 9.59 Å². The summed E-state index contributed by atoms with van der Waals surface area (Å²) in [7, 11) is 0. The maximum absolute atomic E-state index is 15.4. The van der Waals surface area contributed by atoms with Gasteiger partial charge in [-0.1, -0.05) is 31.0 Å². The van der Waals surface area contributed by atoms with Gasteiger partial charge in [0.15, 0.2) is 5.82 Å². The number of rotatable bonds is 11. The first-order valence-electron chi connectivity index (χ1n) is 29.0. The number of benzene rings is 1. The van der Waals surface area contributed by atoms with E-state index in [-0.39, 0.29) is 64.8 Å². The number of carbonyl (C=O) groups is 5. The molecular formula is C59H75N11O5. The van der Waals surface area contributed by atoms with Gasteiger partial charge in [0.1, 0.15) is 11.3 Å². The van der Waals surface area contributed by atoms with E-state index in [9.17, 15) is 14.4 Å². The Morgan fingerprint density at radius 3 is 2.19 bits per heavy atom. The highest BCUT2D eigenvalue weighted by atomic mass is 16.2. The molecule has 1 atom stereocenters. The lowest BCUT2D eigenvalue weighted by Gasteiger charge is -2.52. The number of hydrogen-bond acceptors (Lipinski definition) is 11. The fourth-order valence-electron chi connectivity index (χ4n) is 14.9. The Morgan fingerprint density at radius 1 is 0.760 bits per heavy atom. The second-order valence-corrected chi connectivity index (χ2v) is 24.4. The molecule has 3 saturated carbocycles. The van der Waals surface area contributed by atoms with Gasteiger partial charge in [-0.15, -0.1) is 0 Å². The van der Waals surface area contributed by atoms with Gasteiger partial charge in [0, 0.05) is 93.2 Å². The number of hydrogen-bond donors (Lipinski definition) is 2. The number of anilines is 3. The number of imide groups is 1. The standard InChI is InChI=1S/C59H75N11O5/c1-37(2)69-36-61-48-34-47(63-53(52(48)69)62-42-9-10-42)39-7-12-46-49(31-39)70(44-32-43(33-44)65-23-4-3-5-24-65)57(75)59(46)21-29-68(30-22-59)56(74)58(19-6-20-58)41-17-27-67(28-18-41)55(73)38-15-25-66(26-16-38)50-13-8-40(35-60-50)45-11-14-51(71)64-54(45)72/h7-8,12-13,31,34-38,41-45H,3-6,9-11,14-30,32-33H2,1-2H3,(H,62,63)(H,64,71,72). The van der Waals surface area contributed by atoms with Gasteiger partial charge in [-0.2, -0.15) is 0 Å². The highest BCUT2D eigenvalue weighted by Gasteiger charge is 2.58. The molecule has 0 bridgehead atoms. The van der Waals surface area contributed by atoms with E-state index in [0.29, 0.717) is 63.9 Å². The van der Waals surface area contributed by atoms with Crippen molar-refractivity contribution in [1.82, 2.24) is 39.5 Å². The van der Waals surface area contributed by atoms with Crippen LogP contribution in [-0.4, -0.2) is 134 Å². The molecule has 1 unspecified atom stereocenters. The number of imidazole rings is 1. The van der Waals surface area contributed by atoms with Gasteiger partial charge < -0.3 is 34.4 Å². The van der Waals surface area contributed by atoms with Gasteiger partial charge in [0.25, 0.3) is 0 Å². The minimum Gasteiger partial charge on any atom is -0.366 e. The van der Waals surface area contributed by atoms with E-state index in [0.717, 1.165) is 148 Å². The normalized spacial score (nSPS) is 26.4. The van der Waals surface area contributed by atoms with Crippen LogP contribution >= 0.6 is 0 Å². The summed E-state index contributed by atoms with van der Waals surface area (Å²) in [5, 5.41) is 6.16. The first kappa shape index (κ1) is 48.7. The van der Waals surface area contributed by atoms with Crippen molar-refractivity contribution in [2.75, 3.05) is 67.5 Å². The summed E-state index contributed by atoms with van der Waals surface area (Å²) in [5.74, 6) is 1.83. The van der Waals surface area contributed by atoms with Crippen LogP contribution < -0.4 is 20.4 Å². The summed E-state index contributed by atoms with van der Waals surface area (Å²) in [6.07, 6.45) is 20.0. The van der Waals surface area contributed by atoms with Crippen LogP contribution in [0.15, 0.2) is 48.9 Å². The van der Waals surface area contributed by atoms with Crippen molar-refractivity contribution >= 4 is 57.9 Å².